The Bertz CT molecular complexity index is 607. The first kappa shape index (κ1) is 15.5. The summed E-state index contributed by atoms with van der Waals surface area (Å²) in [5, 5.41) is 1.09. The third-order valence-corrected chi connectivity index (χ3v) is 4.21. The van der Waals surface area contributed by atoms with E-state index < -0.39 is 6.61 Å². The highest BCUT2D eigenvalue weighted by atomic mass is 79.9. The molecule has 0 amide bonds. The van der Waals surface area contributed by atoms with Crippen LogP contribution in [0.15, 0.2) is 42.5 Å². The number of rotatable bonds is 4. The van der Waals surface area contributed by atoms with E-state index in [2.05, 4.69) is 20.7 Å². The molecule has 0 bridgehead atoms. The van der Waals surface area contributed by atoms with Crippen LogP contribution in [-0.2, 0) is 0 Å². The fraction of sp³-hybridized carbons (Fsp3) is 0.143. The average molecular weight is 382 g/mol. The third kappa shape index (κ3) is 3.84. The summed E-state index contributed by atoms with van der Waals surface area (Å²) in [4.78, 5) is -0.269. The van der Waals surface area contributed by atoms with E-state index in [0.717, 1.165) is 11.1 Å². The van der Waals surface area contributed by atoms with Gasteiger partial charge in [0.2, 0.25) is 0 Å². The zero-order chi connectivity index (χ0) is 14.7. The molecule has 6 heteroatoms. The molecule has 20 heavy (non-hydrogen) atoms. The topological polar surface area (TPSA) is 9.23 Å². The van der Waals surface area contributed by atoms with Crippen LogP contribution in [0.2, 0.25) is 10.0 Å². The minimum Gasteiger partial charge on any atom is -0.435 e. The first-order valence-corrected chi connectivity index (χ1v) is 7.28. The van der Waals surface area contributed by atoms with Crippen LogP contribution in [0.3, 0.4) is 0 Å². The quantitative estimate of drug-likeness (QED) is 0.583. The fourth-order valence-electron chi connectivity index (χ4n) is 1.74. The van der Waals surface area contributed by atoms with E-state index >= 15 is 0 Å². The molecule has 2 aromatic carbocycles. The molecule has 1 unspecified atom stereocenters. The molecule has 0 aliphatic rings. The second-order valence-electron chi connectivity index (χ2n) is 3.98. The second-order valence-corrected chi connectivity index (χ2v) is 5.74. The number of hydrogen-bond donors (Lipinski definition) is 0. The smallest absolute Gasteiger partial charge is 0.387 e. The van der Waals surface area contributed by atoms with Crippen molar-refractivity contribution in [3.63, 3.8) is 0 Å². The summed E-state index contributed by atoms with van der Waals surface area (Å²) in [5.74, 6) is 0.0973. The highest BCUT2D eigenvalue weighted by Gasteiger charge is 2.15. The Labute approximate surface area is 133 Å². The highest BCUT2D eigenvalue weighted by molar-refractivity contribution is 9.09. The predicted octanol–water partition coefficient (Wildman–Crippen LogP) is 6.08. The average Bonchev–Trinajstić information content (AvgIpc) is 2.40. The van der Waals surface area contributed by atoms with Crippen molar-refractivity contribution in [2.45, 2.75) is 11.4 Å². The number of alkyl halides is 3. The van der Waals surface area contributed by atoms with Crippen LogP contribution in [0, 0.1) is 0 Å². The van der Waals surface area contributed by atoms with Gasteiger partial charge in [-0.25, -0.2) is 0 Å². The molecule has 1 nitrogen and oxygen atoms in total. The summed E-state index contributed by atoms with van der Waals surface area (Å²) < 4.78 is 28.8. The van der Waals surface area contributed by atoms with Crippen molar-refractivity contribution in [3.8, 4) is 5.75 Å². The fourth-order valence-corrected chi connectivity index (χ4v) is 2.94. The van der Waals surface area contributed by atoms with Gasteiger partial charge in [0.1, 0.15) is 5.75 Å². The maximum Gasteiger partial charge on any atom is 0.387 e. The standard InChI is InChI=1S/C14H9BrCl2F2O/c15-13(11-7-9(16)4-5-12(11)17)8-2-1-3-10(6-8)20-14(18)19/h1-7,13-14H. The van der Waals surface area contributed by atoms with E-state index in [0.29, 0.717) is 10.0 Å². The molecule has 0 aliphatic heterocycles. The van der Waals surface area contributed by atoms with E-state index in [4.69, 9.17) is 23.2 Å². The molecule has 0 aromatic heterocycles. The molecule has 0 spiro atoms. The Balaban J connectivity index is 2.33. The van der Waals surface area contributed by atoms with Gasteiger partial charge in [-0.1, -0.05) is 51.3 Å². The molecule has 0 saturated heterocycles. The van der Waals surface area contributed by atoms with Gasteiger partial charge in [0.15, 0.2) is 0 Å². The summed E-state index contributed by atoms with van der Waals surface area (Å²) in [6, 6.07) is 11.5. The molecule has 0 heterocycles. The summed E-state index contributed by atoms with van der Waals surface area (Å²) >= 11 is 15.6. The molecular weight excluding hydrogens is 373 g/mol. The SMILES string of the molecule is FC(F)Oc1cccc(C(Br)c2cc(Cl)ccc2Cl)c1. The minimum absolute atomic E-state index is 0.0973. The first-order chi connectivity index (χ1) is 9.47. The first-order valence-electron chi connectivity index (χ1n) is 5.61. The van der Waals surface area contributed by atoms with Crippen molar-refractivity contribution in [1.82, 2.24) is 0 Å². The summed E-state index contributed by atoms with van der Waals surface area (Å²) in [6.07, 6.45) is 0. The number of hydrogen-bond acceptors (Lipinski definition) is 1. The minimum atomic E-state index is -2.85. The predicted molar refractivity (Wildman–Crippen MR) is 80.3 cm³/mol. The molecule has 106 valence electrons. The maximum absolute atomic E-state index is 12.2. The highest BCUT2D eigenvalue weighted by Crippen LogP contribution is 2.37. The Morgan fingerprint density at radius 3 is 2.50 bits per heavy atom. The van der Waals surface area contributed by atoms with E-state index in [1.807, 2.05) is 0 Å². The van der Waals surface area contributed by atoms with Gasteiger partial charge in [-0.3, -0.25) is 0 Å². The Morgan fingerprint density at radius 1 is 1.05 bits per heavy atom. The van der Waals surface area contributed by atoms with Crippen molar-refractivity contribution < 1.29 is 13.5 Å². The number of halogens is 5. The summed E-state index contributed by atoms with van der Waals surface area (Å²) in [5.41, 5.74) is 1.50. The van der Waals surface area contributed by atoms with Gasteiger partial charge in [0, 0.05) is 10.0 Å². The van der Waals surface area contributed by atoms with Crippen molar-refractivity contribution in [2.75, 3.05) is 0 Å². The van der Waals surface area contributed by atoms with Crippen molar-refractivity contribution in [1.29, 1.82) is 0 Å². The van der Waals surface area contributed by atoms with Crippen LogP contribution in [0.25, 0.3) is 0 Å². The van der Waals surface area contributed by atoms with Crippen molar-refractivity contribution >= 4 is 39.1 Å². The van der Waals surface area contributed by atoms with Gasteiger partial charge in [-0.2, -0.15) is 8.78 Å². The molecule has 2 aromatic rings. The molecule has 0 radical (unpaired) electrons. The monoisotopic (exact) mass is 380 g/mol. The largest absolute Gasteiger partial charge is 0.435 e. The van der Waals surface area contributed by atoms with Crippen molar-refractivity contribution in [3.05, 3.63) is 63.6 Å². The zero-order valence-electron chi connectivity index (χ0n) is 9.99. The molecular formula is C14H9BrCl2F2O. The lowest BCUT2D eigenvalue weighted by Crippen LogP contribution is -2.02. The van der Waals surface area contributed by atoms with E-state index in [-0.39, 0.29) is 10.6 Å². The van der Waals surface area contributed by atoms with Gasteiger partial charge in [-0.15, -0.1) is 0 Å². The zero-order valence-corrected chi connectivity index (χ0v) is 13.1. The third-order valence-electron chi connectivity index (χ3n) is 2.61. The maximum atomic E-state index is 12.2. The van der Waals surface area contributed by atoms with Gasteiger partial charge in [0.05, 0.1) is 4.83 Å². The summed E-state index contributed by atoms with van der Waals surface area (Å²) in [6.45, 7) is -2.85. The van der Waals surface area contributed by atoms with Crippen LogP contribution in [0.5, 0.6) is 5.75 Å². The van der Waals surface area contributed by atoms with E-state index in [9.17, 15) is 8.78 Å². The molecule has 0 saturated carbocycles. The lowest BCUT2D eigenvalue weighted by molar-refractivity contribution is -0.0498. The molecule has 2 rings (SSSR count). The van der Waals surface area contributed by atoms with E-state index in [1.165, 1.54) is 12.1 Å². The van der Waals surface area contributed by atoms with Crippen LogP contribution < -0.4 is 4.74 Å². The number of benzene rings is 2. The van der Waals surface area contributed by atoms with Gasteiger partial charge in [-0.05, 0) is 41.5 Å². The Morgan fingerprint density at radius 2 is 1.80 bits per heavy atom. The van der Waals surface area contributed by atoms with E-state index in [1.54, 1.807) is 30.3 Å². The van der Waals surface area contributed by atoms with Gasteiger partial charge in [0.25, 0.3) is 0 Å². The van der Waals surface area contributed by atoms with Gasteiger partial charge < -0.3 is 4.74 Å². The molecule has 0 N–H and O–H groups in total. The van der Waals surface area contributed by atoms with Crippen LogP contribution in [0.1, 0.15) is 16.0 Å². The molecule has 0 aliphatic carbocycles. The number of ether oxygens (including phenoxy) is 1. The van der Waals surface area contributed by atoms with Crippen LogP contribution in [0.4, 0.5) is 8.78 Å². The van der Waals surface area contributed by atoms with Gasteiger partial charge >= 0.3 is 6.61 Å². The lowest BCUT2D eigenvalue weighted by Gasteiger charge is -2.14. The van der Waals surface area contributed by atoms with Crippen molar-refractivity contribution in [2.24, 2.45) is 0 Å². The lowest BCUT2D eigenvalue weighted by atomic mass is 10.0. The Kier molecular flexibility index (Phi) is 5.24. The second kappa shape index (κ2) is 6.74. The molecule has 0 fully saturated rings. The van der Waals surface area contributed by atoms with Crippen LogP contribution in [-0.4, -0.2) is 6.61 Å². The van der Waals surface area contributed by atoms with Crippen LogP contribution >= 0.6 is 39.1 Å². The normalized spacial score (nSPS) is 12.5. The molecule has 1 atom stereocenters. The summed E-state index contributed by atoms with van der Waals surface area (Å²) in [7, 11) is 0. The Hall–Kier alpha value is -0.840.